The molecule has 196 valence electrons. The molecule has 0 fully saturated rings. The van der Waals surface area contributed by atoms with Gasteiger partial charge in [-0.2, -0.15) is 0 Å². The Bertz CT molecular complexity index is 1000. The summed E-state index contributed by atoms with van der Waals surface area (Å²) in [4.78, 5) is 0. The van der Waals surface area contributed by atoms with Gasteiger partial charge in [-0.1, -0.05) is 133 Å². The lowest BCUT2D eigenvalue weighted by molar-refractivity contribution is 0.257. The van der Waals surface area contributed by atoms with Crippen molar-refractivity contribution in [3.63, 3.8) is 0 Å². The second kappa shape index (κ2) is 11.3. The van der Waals surface area contributed by atoms with Gasteiger partial charge < -0.3 is 0 Å². The fourth-order valence-corrected chi connectivity index (χ4v) is 7.21. The molecule has 0 heteroatoms. The van der Waals surface area contributed by atoms with E-state index in [0.29, 0.717) is 11.3 Å². The average Bonchev–Trinajstić information content (AvgIpc) is 3.43. The molecule has 0 spiro atoms. The predicted molar refractivity (Wildman–Crippen MR) is 159 cm³/mol. The van der Waals surface area contributed by atoms with Gasteiger partial charge in [-0.25, -0.2) is 0 Å². The Kier molecular flexibility index (Phi) is 8.53. The maximum Gasteiger partial charge on any atom is 0.0280 e. The molecule has 0 amide bonds. The Hall–Kier alpha value is -1.82. The van der Waals surface area contributed by atoms with Gasteiger partial charge >= 0.3 is 0 Å². The highest BCUT2D eigenvalue weighted by Crippen LogP contribution is 2.59. The zero-order valence-corrected chi connectivity index (χ0v) is 24.4. The van der Waals surface area contributed by atoms with Crippen molar-refractivity contribution in [3.05, 3.63) is 70.8 Å². The molecule has 0 aromatic heterocycles. The van der Waals surface area contributed by atoms with E-state index in [2.05, 4.69) is 97.0 Å². The van der Waals surface area contributed by atoms with E-state index in [1.807, 2.05) is 0 Å². The highest BCUT2D eigenvalue weighted by atomic mass is 14.5. The highest BCUT2D eigenvalue weighted by Gasteiger charge is 2.50. The lowest BCUT2D eigenvalue weighted by Gasteiger charge is -2.41. The van der Waals surface area contributed by atoms with Gasteiger partial charge in [-0.15, -0.1) is 0 Å². The Balaban J connectivity index is 1.72. The van der Waals surface area contributed by atoms with E-state index >= 15 is 0 Å². The molecule has 4 rings (SSSR count). The van der Waals surface area contributed by atoms with E-state index < -0.39 is 0 Å². The van der Waals surface area contributed by atoms with E-state index in [4.69, 9.17) is 0 Å². The molecule has 0 nitrogen and oxygen atoms in total. The van der Waals surface area contributed by atoms with Crippen molar-refractivity contribution in [1.29, 1.82) is 0 Å². The van der Waals surface area contributed by atoms with Crippen molar-refractivity contribution in [1.82, 2.24) is 0 Å². The van der Waals surface area contributed by atoms with Crippen LogP contribution in [0.4, 0.5) is 0 Å². The van der Waals surface area contributed by atoms with Gasteiger partial charge in [0.2, 0.25) is 0 Å². The van der Waals surface area contributed by atoms with Crippen LogP contribution in [0.15, 0.2) is 48.6 Å². The van der Waals surface area contributed by atoms with Crippen LogP contribution >= 0.6 is 0 Å². The number of unbranched alkanes of at least 4 members (excludes halogenated alkanes) is 1. The first-order chi connectivity index (χ1) is 17.2. The summed E-state index contributed by atoms with van der Waals surface area (Å²) < 4.78 is 0. The van der Waals surface area contributed by atoms with Crippen molar-refractivity contribution in [2.24, 2.45) is 23.2 Å². The highest BCUT2D eigenvalue weighted by molar-refractivity contribution is 5.82. The molecular weight excluding hydrogens is 432 g/mol. The molecule has 0 N–H and O–H groups in total. The van der Waals surface area contributed by atoms with Gasteiger partial charge in [0, 0.05) is 5.41 Å². The van der Waals surface area contributed by atoms with Gasteiger partial charge in [-0.3, -0.25) is 0 Å². The quantitative estimate of drug-likeness (QED) is 0.263. The Labute approximate surface area is 223 Å². The van der Waals surface area contributed by atoms with Crippen LogP contribution in [-0.2, 0) is 5.41 Å². The predicted octanol–water partition coefficient (Wildman–Crippen LogP) is 11.0. The summed E-state index contributed by atoms with van der Waals surface area (Å²) in [6, 6.07) is 14.6. The first kappa shape index (κ1) is 27.2. The molecule has 0 heterocycles. The minimum Gasteiger partial charge on any atom is -0.0851 e. The molecule has 2 aromatic rings. The van der Waals surface area contributed by atoms with Gasteiger partial charge in [0.25, 0.3) is 0 Å². The minimum atomic E-state index is 0.116. The summed E-state index contributed by atoms with van der Waals surface area (Å²) in [5, 5.41) is 0. The van der Waals surface area contributed by atoms with Crippen molar-refractivity contribution >= 4 is 0 Å². The second-order valence-corrected chi connectivity index (χ2v) is 13.1. The van der Waals surface area contributed by atoms with Crippen molar-refractivity contribution in [2.75, 3.05) is 0 Å². The third-order valence-corrected chi connectivity index (χ3v) is 9.95. The van der Waals surface area contributed by atoms with Crippen LogP contribution in [0.3, 0.4) is 0 Å². The van der Waals surface area contributed by atoms with Crippen LogP contribution in [-0.4, -0.2) is 0 Å². The molecule has 3 atom stereocenters. The number of hydrogen-bond donors (Lipinski definition) is 0. The molecule has 0 aliphatic heterocycles. The van der Waals surface area contributed by atoms with Crippen LogP contribution in [0.2, 0.25) is 0 Å². The van der Waals surface area contributed by atoms with E-state index in [1.54, 1.807) is 11.1 Å². The molecule has 2 aliphatic carbocycles. The number of hydrogen-bond acceptors (Lipinski definition) is 0. The molecule has 2 aromatic carbocycles. The van der Waals surface area contributed by atoms with Crippen molar-refractivity contribution in [3.8, 4) is 11.1 Å². The zero-order chi connectivity index (χ0) is 25.9. The number of benzene rings is 2. The third kappa shape index (κ3) is 5.39. The Morgan fingerprint density at radius 3 is 2.08 bits per heavy atom. The van der Waals surface area contributed by atoms with Crippen molar-refractivity contribution < 1.29 is 0 Å². The Morgan fingerprint density at radius 1 is 0.889 bits per heavy atom. The average molecular weight is 485 g/mol. The first-order valence-corrected chi connectivity index (χ1v) is 15.1. The van der Waals surface area contributed by atoms with Crippen molar-refractivity contribution in [2.45, 2.75) is 118 Å². The minimum absolute atomic E-state index is 0.116. The monoisotopic (exact) mass is 484 g/mol. The summed E-state index contributed by atoms with van der Waals surface area (Å²) in [5.41, 5.74) is 9.67. The summed E-state index contributed by atoms with van der Waals surface area (Å²) in [6.07, 6.45) is 18.5. The molecule has 0 saturated carbocycles. The summed E-state index contributed by atoms with van der Waals surface area (Å²) >= 11 is 0. The van der Waals surface area contributed by atoms with Crippen LogP contribution in [0, 0.1) is 37.0 Å². The molecule has 0 bridgehead atoms. The van der Waals surface area contributed by atoms with Crippen LogP contribution in [0.25, 0.3) is 11.1 Å². The molecule has 2 aliphatic rings. The zero-order valence-electron chi connectivity index (χ0n) is 24.4. The number of fused-ring (bicyclic) bond motifs is 3. The third-order valence-electron chi connectivity index (χ3n) is 9.95. The van der Waals surface area contributed by atoms with E-state index in [0.717, 1.165) is 11.8 Å². The topological polar surface area (TPSA) is 0 Å². The fourth-order valence-electron chi connectivity index (χ4n) is 7.21. The SMILES string of the molecule is CCCCC(CC)CC1(C2C=CC(CCCC(C)(C)CC)C2)c2cc(C)ccc2-c2ccc(C)cc21. The van der Waals surface area contributed by atoms with E-state index in [9.17, 15) is 0 Å². The van der Waals surface area contributed by atoms with Crippen LogP contribution < -0.4 is 0 Å². The van der Waals surface area contributed by atoms with Crippen LogP contribution in [0.5, 0.6) is 0 Å². The summed E-state index contributed by atoms with van der Waals surface area (Å²) in [5.74, 6) is 2.11. The standard InChI is InChI=1S/C36H52/c1-8-11-13-28(9-2)25-36(30-18-17-29(24-30)14-12-21-35(6,7)10-3)33-22-26(4)15-19-31(33)32-20-16-27(5)23-34(32)36/h15-20,22-23,28-30H,8-14,21,24-25H2,1-7H3. The van der Waals surface area contributed by atoms with Gasteiger partial charge in [0.1, 0.15) is 0 Å². The van der Waals surface area contributed by atoms with E-state index in [1.165, 1.54) is 86.5 Å². The molecule has 36 heavy (non-hydrogen) atoms. The normalized spacial score (nSPS) is 21.0. The maximum absolute atomic E-state index is 2.66. The van der Waals surface area contributed by atoms with Gasteiger partial charge in [-0.05, 0) is 85.0 Å². The molecular formula is C36H52. The maximum atomic E-state index is 2.66. The molecule has 0 saturated heterocycles. The number of rotatable bonds is 12. The second-order valence-electron chi connectivity index (χ2n) is 13.1. The lowest BCUT2D eigenvalue weighted by atomic mass is 9.62. The lowest BCUT2D eigenvalue weighted by Crippen LogP contribution is -2.36. The largest absolute Gasteiger partial charge is 0.0851 e. The smallest absolute Gasteiger partial charge is 0.0280 e. The van der Waals surface area contributed by atoms with Gasteiger partial charge in [0.15, 0.2) is 0 Å². The molecule has 3 unspecified atom stereocenters. The number of allylic oxidation sites excluding steroid dienone is 2. The number of aryl methyl sites for hydroxylation is 2. The van der Waals surface area contributed by atoms with E-state index in [-0.39, 0.29) is 5.41 Å². The summed E-state index contributed by atoms with van der Waals surface area (Å²) in [6.45, 7) is 16.6. The fraction of sp³-hybridized carbons (Fsp3) is 0.611. The first-order valence-electron chi connectivity index (χ1n) is 15.1. The van der Waals surface area contributed by atoms with Gasteiger partial charge in [0.05, 0.1) is 0 Å². The van der Waals surface area contributed by atoms with Crippen LogP contribution in [0.1, 0.15) is 121 Å². The summed E-state index contributed by atoms with van der Waals surface area (Å²) in [7, 11) is 0. The Morgan fingerprint density at radius 2 is 1.53 bits per heavy atom. The molecule has 0 radical (unpaired) electrons.